The van der Waals surface area contributed by atoms with Crippen molar-refractivity contribution < 1.29 is 22.0 Å². The van der Waals surface area contributed by atoms with Gasteiger partial charge in [-0.25, -0.2) is 12.8 Å². The SMILES string of the molecule is CC(C)CC(=O)N(Cc1ccc(-c2ccc(F)cc2)o1)C1CCS(=O)(=O)C1. The number of hydrogen-bond donors (Lipinski definition) is 0. The normalized spacial score (nSPS) is 18.7. The third kappa shape index (κ3) is 4.97. The summed E-state index contributed by atoms with van der Waals surface area (Å²) in [5.74, 6) is 1.08. The molecule has 1 aromatic heterocycles. The van der Waals surface area contributed by atoms with E-state index in [1.165, 1.54) is 12.1 Å². The van der Waals surface area contributed by atoms with Gasteiger partial charge < -0.3 is 9.32 Å². The summed E-state index contributed by atoms with van der Waals surface area (Å²) >= 11 is 0. The Morgan fingerprint density at radius 3 is 2.52 bits per heavy atom. The van der Waals surface area contributed by atoms with Crippen LogP contribution in [0.4, 0.5) is 4.39 Å². The van der Waals surface area contributed by atoms with Crippen LogP contribution in [0.1, 0.15) is 32.4 Å². The van der Waals surface area contributed by atoms with Gasteiger partial charge in [0, 0.05) is 18.0 Å². The molecule has 0 saturated carbocycles. The molecule has 27 heavy (non-hydrogen) atoms. The smallest absolute Gasteiger partial charge is 0.223 e. The van der Waals surface area contributed by atoms with Gasteiger partial charge in [-0.15, -0.1) is 0 Å². The van der Waals surface area contributed by atoms with E-state index in [4.69, 9.17) is 4.42 Å². The molecule has 1 unspecified atom stereocenters. The summed E-state index contributed by atoms with van der Waals surface area (Å²) in [6.45, 7) is 4.15. The van der Waals surface area contributed by atoms with Crippen molar-refractivity contribution in [3.05, 3.63) is 48.0 Å². The molecule has 5 nitrogen and oxygen atoms in total. The number of carbonyl (C=O) groups excluding carboxylic acids is 1. The lowest BCUT2D eigenvalue weighted by Gasteiger charge is -2.28. The predicted octanol–water partition coefficient (Wildman–Crippen LogP) is 3.65. The summed E-state index contributed by atoms with van der Waals surface area (Å²) in [6.07, 6.45) is 0.819. The second kappa shape index (κ2) is 7.84. The van der Waals surface area contributed by atoms with Crippen LogP contribution in [0, 0.1) is 11.7 Å². The van der Waals surface area contributed by atoms with Crippen LogP contribution in [0.3, 0.4) is 0 Å². The van der Waals surface area contributed by atoms with Crippen LogP contribution in [0.15, 0.2) is 40.8 Å². The van der Waals surface area contributed by atoms with Crippen molar-refractivity contribution in [2.24, 2.45) is 5.92 Å². The summed E-state index contributed by atoms with van der Waals surface area (Å²) < 4.78 is 42.7. The highest BCUT2D eigenvalue weighted by Crippen LogP contribution is 2.26. The number of rotatable bonds is 6. The van der Waals surface area contributed by atoms with E-state index in [1.807, 2.05) is 13.8 Å². The first-order valence-electron chi connectivity index (χ1n) is 9.08. The highest BCUT2D eigenvalue weighted by atomic mass is 32.2. The second-order valence-electron chi connectivity index (χ2n) is 7.45. The topological polar surface area (TPSA) is 67.6 Å². The molecule has 1 amide bonds. The van der Waals surface area contributed by atoms with Crippen molar-refractivity contribution in [1.29, 1.82) is 0 Å². The molecule has 146 valence electrons. The summed E-state index contributed by atoms with van der Waals surface area (Å²) in [7, 11) is -3.10. The Morgan fingerprint density at radius 1 is 1.22 bits per heavy atom. The van der Waals surface area contributed by atoms with Crippen molar-refractivity contribution >= 4 is 15.7 Å². The van der Waals surface area contributed by atoms with Gasteiger partial charge in [-0.1, -0.05) is 13.8 Å². The number of nitrogens with zero attached hydrogens (tertiary/aromatic N) is 1. The highest BCUT2D eigenvalue weighted by molar-refractivity contribution is 7.91. The second-order valence-corrected chi connectivity index (χ2v) is 9.68. The molecular formula is C20H24FNO4S. The monoisotopic (exact) mass is 393 g/mol. The average Bonchev–Trinajstić information content (AvgIpc) is 3.19. The zero-order valence-electron chi connectivity index (χ0n) is 15.5. The van der Waals surface area contributed by atoms with E-state index < -0.39 is 9.84 Å². The van der Waals surface area contributed by atoms with Gasteiger partial charge in [-0.3, -0.25) is 4.79 Å². The van der Waals surface area contributed by atoms with Gasteiger partial charge in [0.2, 0.25) is 5.91 Å². The van der Waals surface area contributed by atoms with E-state index in [0.29, 0.717) is 24.4 Å². The standard InChI is InChI=1S/C20H24FNO4S/c1-14(2)11-20(23)22(17-9-10-27(24,25)13-17)12-18-7-8-19(26-18)15-3-5-16(21)6-4-15/h3-8,14,17H,9-13H2,1-2H3. The van der Waals surface area contributed by atoms with E-state index in [2.05, 4.69) is 0 Å². The maximum Gasteiger partial charge on any atom is 0.223 e. The fourth-order valence-corrected chi connectivity index (χ4v) is 5.04. The molecule has 0 bridgehead atoms. The molecule has 0 spiro atoms. The minimum Gasteiger partial charge on any atom is -0.459 e. The molecule has 1 aromatic carbocycles. The summed E-state index contributed by atoms with van der Waals surface area (Å²) in [6, 6.07) is 9.21. The predicted molar refractivity (Wildman–Crippen MR) is 101 cm³/mol. The van der Waals surface area contributed by atoms with Crippen molar-refractivity contribution in [3.63, 3.8) is 0 Å². The van der Waals surface area contributed by atoms with Crippen LogP contribution in [0.2, 0.25) is 0 Å². The third-order valence-corrected chi connectivity index (χ3v) is 6.42. The van der Waals surface area contributed by atoms with E-state index in [1.54, 1.807) is 29.2 Å². The number of hydrogen-bond acceptors (Lipinski definition) is 4. The molecular weight excluding hydrogens is 369 g/mol. The fourth-order valence-electron chi connectivity index (χ4n) is 3.31. The van der Waals surface area contributed by atoms with Gasteiger partial charge >= 0.3 is 0 Å². The molecule has 2 aromatic rings. The zero-order chi connectivity index (χ0) is 19.6. The number of furan rings is 1. The molecule has 1 saturated heterocycles. The first kappa shape index (κ1) is 19.6. The molecule has 1 aliphatic heterocycles. The Hall–Kier alpha value is -2.15. The molecule has 2 heterocycles. The lowest BCUT2D eigenvalue weighted by molar-refractivity contribution is -0.134. The van der Waals surface area contributed by atoms with Crippen LogP contribution in [-0.2, 0) is 21.2 Å². The largest absolute Gasteiger partial charge is 0.459 e. The van der Waals surface area contributed by atoms with Crippen molar-refractivity contribution in [1.82, 2.24) is 4.90 Å². The maximum absolute atomic E-state index is 13.1. The molecule has 7 heteroatoms. The van der Waals surface area contributed by atoms with Crippen LogP contribution < -0.4 is 0 Å². The van der Waals surface area contributed by atoms with Gasteiger partial charge in [0.1, 0.15) is 17.3 Å². The first-order chi connectivity index (χ1) is 12.7. The van der Waals surface area contributed by atoms with Crippen LogP contribution in [-0.4, -0.2) is 36.8 Å². The minimum atomic E-state index is -3.10. The summed E-state index contributed by atoms with van der Waals surface area (Å²) in [5, 5.41) is 0. The summed E-state index contributed by atoms with van der Waals surface area (Å²) in [5.41, 5.74) is 0.742. The van der Waals surface area contributed by atoms with Gasteiger partial charge in [-0.05, 0) is 48.7 Å². The van der Waals surface area contributed by atoms with Gasteiger partial charge in [0.25, 0.3) is 0 Å². The first-order valence-corrected chi connectivity index (χ1v) is 10.9. The zero-order valence-corrected chi connectivity index (χ0v) is 16.3. The highest BCUT2D eigenvalue weighted by Gasteiger charge is 2.35. The van der Waals surface area contributed by atoms with Gasteiger partial charge in [0.05, 0.1) is 18.1 Å². The van der Waals surface area contributed by atoms with Crippen molar-refractivity contribution in [2.45, 2.75) is 39.3 Å². The molecule has 0 radical (unpaired) electrons. The van der Waals surface area contributed by atoms with E-state index in [-0.39, 0.29) is 41.7 Å². The van der Waals surface area contributed by atoms with Gasteiger partial charge in [-0.2, -0.15) is 0 Å². The number of benzene rings is 1. The number of amides is 1. The lowest BCUT2D eigenvalue weighted by atomic mass is 10.1. The van der Waals surface area contributed by atoms with E-state index in [9.17, 15) is 17.6 Å². The average molecular weight is 393 g/mol. The molecule has 3 rings (SSSR count). The molecule has 1 fully saturated rings. The number of halogens is 1. The Labute approximate surface area is 159 Å². The van der Waals surface area contributed by atoms with Gasteiger partial charge in [0.15, 0.2) is 9.84 Å². The molecule has 1 aliphatic rings. The lowest BCUT2D eigenvalue weighted by Crippen LogP contribution is -2.41. The molecule has 1 atom stereocenters. The van der Waals surface area contributed by atoms with Crippen LogP contribution in [0.5, 0.6) is 0 Å². The molecule has 0 N–H and O–H groups in total. The number of carbonyl (C=O) groups is 1. The fraction of sp³-hybridized carbons (Fsp3) is 0.450. The van der Waals surface area contributed by atoms with E-state index in [0.717, 1.165) is 5.56 Å². The minimum absolute atomic E-state index is 0.00234. The van der Waals surface area contributed by atoms with Crippen LogP contribution in [0.25, 0.3) is 11.3 Å². The Morgan fingerprint density at radius 2 is 1.93 bits per heavy atom. The van der Waals surface area contributed by atoms with Crippen LogP contribution >= 0.6 is 0 Å². The maximum atomic E-state index is 13.1. The number of sulfone groups is 1. The van der Waals surface area contributed by atoms with Crippen molar-refractivity contribution in [2.75, 3.05) is 11.5 Å². The van der Waals surface area contributed by atoms with E-state index >= 15 is 0 Å². The van der Waals surface area contributed by atoms with Crippen molar-refractivity contribution in [3.8, 4) is 11.3 Å². The quantitative estimate of drug-likeness (QED) is 0.751. The summed E-state index contributed by atoms with van der Waals surface area (Å²) in [4.78, 5) is 14.4. The Balaban J connectivity index is 1.79. The Kier molecular flexibility index (Phi) is 5.69. The molecule has 0 aliphatic carbocycles. The Bertz CT molecular complexity index is 902. The third-order valence-electron chi connectivity index (χ3n) is 4.67.